The first-order chi connectivity index (χ1) is 9.08. The Balaban J connectivity index is 2.13. The first-order valence-electron chi connectivity index (χ1n) is 6.84. The van der Waals surface area contributed by atoms with Gasteiger partial charge in [-0.1, -0.05) is 31.5 Å². The summed E-state index contributed by atoms with van der Waals surface area (Å²) in [5, 5.41) is 17.8. The molecule has 1 aliphatic carbocycles. The highest BCUT2D eigenvalue weighted by Crippen LogP contribution is 2.33. The summed E-state index contributed by atoms with van der Waals surface area (Å²) in [4.78, 5) is 10.7. The Morgan fingerprint density at radius 1 is 1.37 bits per heavy atom. The van der Waals surface area contributed by atoms with Gasteiger partial charge in [0.1, 0.15) is 5.82 Å². The van der Waals surface area contributed by atoms with Crippen LogP contribution in [-0.2, 0) is 4.79 Å². The van der Waals surface area contributed by atoms with Crippen LogP contribution < -0.4 is 0 Å². The zero-order valence-corrected chi connectivity index (χ0v) is 12.3. The zero-order valence-electron chi connectivity index (χ0n) is 11.5. The minimum atomic E-state index is -0.813. The van der Waals surface area contributed by atoms with Crippen LogP contribution in [0.3, 0.4) is 0 Å². The molecule has 2 atom stereocenters. The van der Waals surface area contributed by atoms with E-state index in [-0.39, 0.29) is 5.75 Å². The highest BCUT2D eigenvalue weighted by Gasteiger charge is 2.22. The van der Waals surface area contributed by atoms with E-state index in [1.54, 1.807) is 0 Å². The molecule has 1 aliphatic rings. The molecule has 0 amide bonds. The molecule has 0 radical (unpaired) electrons. The van der Waals surface area contributed by atoms with Crippen molar-refractivity contribution in [3.8, 4) is 0 Å². The van der Waals surface area contributed by atoms with E-state index in [1.807, 2.05) is 6.92 Å². The minimum absolute atomic E-state index is 0.0429. The molecule has 2 rings (SSSR count). The Kier molecular flexibility index (Phi) is 4.85. The van der Waals surface area contributed by atoms with E-state index in [0.717, 1.165) is 29.7 Å². The topological polar surface area (TPSA) is 68.0 Å². The molecule has 0 saturated heterocycles. The van der Waals surface area contributed by atoms with Crippen LogP contribution in [0.5, 0.6) is 0 Å². The molecule has 1 heterocycles. The maximum absolute atomic E-state index is 10.7. The van der Waals surface area contributed by atoms with E-state index in [4.69, 9.17) is 5.11 Å². The number of thioether (sulfide) groups is 1. The van der Waals surface area contributed by atoms with E-state index in [0.29, 0.717) is 6.04 Å². The van der Waals surface area contributed by atoms with Crippen molar-refractivity contribution < 1.29 is 9.90 Å². The second kappa shape index (κ2) is 6.41. The summed E-state index contributed by atoms with van der Waals surface area (Å²) in [6.07, 6.45) is 6.03. The fourth-order valence-electron chi connectivity index (χ4n) is 2.72. The van der Waals surface area contributed by atoms with Gasteiger partial charge in [0.05, 0.1) is 5.75 Å². The lowest BCUT2D eigenvalue weighted by Gasteiger charge is -2.19. The standard InChI is InChI=1S/C13H21N3O2S/c1-9-4-3-5-11(7-6-9)16-10(2)14-15-13(16)19-8-12(17)18/h9,11H,3-8H2,1-2H3,(H,17,18). The van der Waals surface area contributed by atoms with Crippen molar-refractivity contribution in [2.75, 3.05) is 5.75 Å². The molecule has 1 N–H and O–H groups in total. The summed E-state index contributed by atoms with van der Waals surface area (Å²) in [6.45, 7) is 4.26. The van der Waals surface area contributed by atoms with Crippen LogP contribution in [0.2, 0.25) is 0 Å². The summed E-state index contributed by atoms with van der Waals surface area (Å²) in [6, 6.07) is 0.427. The van der Waals surface area contributed by atoms with E-state index < -0.39 is 5.97 Å². The average molecular weight is 283 g/mol. The predicted octanol–water partition coefficient (Wildman–Crippen LogP) is 2.90. The summed E-state index contributed by atoms with van der Waals surface area (Å²) in [5.41, 5.74) is 0. The SMILES string of the molecule is Cc1nnc(SCC(=O)O)n1C1CCCC(C)CC1. The summed E-state index contributed by atoms with van der Waals surface area (Å²) < 4.78 is 2.14. The molecule has 2 unspecified atom stereocenters. The van der Waals surface area contributed by atoms with Gasteiger partial charge in [-0.3, -0.25) is 4.79 Å². The van der Waals surface area contributed by atoms with Crippen molar-refractivity contribution in [2.45, 2.75) is 57.1 Å². The van der Waals surface area contributed by atoms with Crippen LogP contribution in [0.15, 0.2) is 5.16 Å². The first kappa shape index (κ1) is 14.4. The molecule has 0 aliphatic heterocycles. The van der Waals surface area contributed by atoms with Gasteiger partial charge in [0.2, 0.25) is 0 Å². The van der Waals surface area contributed by atoms with Crippen LogP contribution in [0, 0.1) is 12.8 Å². The smallest absolute Gasteiger partial charge is 0.313 e. The molecule has 19 heavy (non-hydrogen) atoms. The third-order valence-electron chi connectivity index (χ3n) is 3.75. The van der Waals surface area contributed by atoms with Crippen molar-refractivity contribution in [1.82, 2.24) is 14.8 Å². The molecule has 1 aromatic heterocycles. The lowest BCUT2D eigenvalue weighted by molar-refractivity contribution is -0.133. The number of carbonyl (C=O) groups is 1. The number of carboxylic acids is 1. The molecule has 1 fully saturated rings. The summed E-state index contributed by atoms with van der Waals surface area (Å²) in [7, 11) is 0. The number of aromatic nitrogens is 3. The van der Waals surface area contributed by atoms with Crippen LogP contribution in [0.25, 0.3) is 0 Å². The largest absolute Gasteiger partial charge is 0.481 e. The first-order valence-corrected chi connectivity index (χ1v) is 7.82. The molecule has 1 aromatic rings. The number of carboxylic acid groups (broad SMARTS) is 1. The number of aryl methyl sites for hydroxylation is 1. The molecule has 1 saturated carbocycles. The highest BCUT2D eigenvalue weighted by molar-refractivity contribution is 7.99. The fourth-order valence-corrected chi connectivity index (χ4v) is 3.49. The van der Waals surface area contributed by atoms with Crippen molar-refractivity contribution in [2.24, 2.45) is 5.92 Å². The molecule has 0 aromatic carbocycles. The van der Waals surface area contributed by atoms with E-state index >= 15 is 0 Å². The monoisotopic (exact) mass is 283 g/mol. The van der Waals surface area contributed by atoms with Gasteiger partial charge >= 0.3 is 5.97 Å². The Morgan fingerprint density at radius 3 is 2.89 bits per heavy atom. The summed E-state index contributed by atoms with van der Waals surface area (Å²) >= 11 is 1.27. The maximum Gasteiger partial charge on any atom is 0.313 e. The van der Waals surface area contributed by atoms with Crippen LogP contribution in [0.1, 0.15) is 50.9 Å². The van der Waals surface area contributed by atoms with Gasteiger partial charge in [-0.25, -0.2) is 0 Å². The van der Waals surface area contributed by atoms with Crippen LogP contribution in [-0.4, -0.2) is 31.6 Å². The van der Waals surface area contributed by atoms with Gasteiger partial charge in [-0.15, -0.1) is 10.2 Å². The number of aliphatic carboxylic acids is 1. The lowest BCUT2D eigenvalue weighted by atomic mass is 10.0. The highest BCUT2D eigenvalue weighted by atomic mass is 32.2. The average Bonchev–Trinajstić information content (AvgIpc) is 2.58. The van der Waals surface area contributed by atoms with E-state index in [9.17, 15) is 4.79 Å². The zero-order chi connectivity index (χ0) is 13.8. The van der Waals surface area contributed by atoms with Gasteiger partial charge in [-0.05, 0) is 32.1 Å². The minimum Gasteiger partial charge on any atom is -0.481 e. The van der Waals surface area contributed by atoms with Crippen molar-refractivity contribution in [3.05, 3.63) is 5.82 Å². The molecule has 0 spiro atoms. The van der Waals surface area contributed by atoms with Gasteiger partial charge in [-0.2, -0.15) is 0 Å². The van der Waals surface area contributed by atoms with Gasteiger partial charge < -0.3 is 9.67 Å². The Bertz CT molecular complexity index is 447. The lowest BCUT2D eigenvalue weighted by Crippen LogP contribution is -2.12. The Hall–Kier alpha value is -1.04. The van der Waals surface area contributed by atoms with Gasteiger partial charge in [0.15, 0.2) is 5.16 Å². The number of hydrogen-bond donors (Lipinski definition) is 1. The molecule has 5 nitrogen and oxygen atoms in total. The molecule has 106 valence electrons. The summed E-state index contributed by atoms with van der Waals surface area (Å²) in [5.74, 6) is 0.914. The van der Waals surface area contributed by atoms with Crippen molar-refractivity contribution in [1.29, 1.82) is 0 Å². The number of nitrogens with zero attached hydrogens (tertiary/aromatic N) is 3. The Labute approximate surface area is 117 Å². The van der Waals surface area contributed by atoms with E-state index in [1.165, 1.54) is 31.0 Å². The molecule has 6 heteroatoms. The normalized spacial score (nSPS) is 24.1. The van der Waals surface area contributed by atoms with Crippen molar-refractivity contribution >= 4 is 17.7 Å². The second-order valence-corrected chi connectivity index (χ2v) is 6.29. The van der Waals surface area contributed by atoms with Gasteiger partial charge in [0, 0.05) is 6.04 Å². The number of rotatable bonds is 4. The fraction of sp³-hybridized carbons (Fsp3) is 0.769. The quantitative estimate of drug-likeness (QED) is 0.679. The van der Waals surface area contributed by atoms with Crippen LogP contribution >= 0.6 is 11.8 Å². The van der Waals surface area contributed by atoms with Crippen molar-refractivity contribution in [3.63, 3.8) is 0 Å². The molecular formula is C13H21N3O2S. The Morgan fingerprint density at radius 2 is 2.16 bits per heavy atom. The van der Waals surface area contributed by atoms with Crippen LogP contribution in [0.4, 0.5) is 0 Å². The third kappa shape index (κ3) is 3.72. The second-order valence-electron chi connectivity index (χ2n) is 5.35. The molecular weight excluding hydrogens is 262 g/mol. The maximum atomic E-state index is 10.7. The van der Waals surface area contributed by atoms with Gasteiger partial charge in [0.25, 0.3) is 0 Å². The number of hydrogen-bond acceptors (Lipinski definition) is 4. The predicted molar refractivity (Wildman–Crippen MR) is 74.4 cm³/mol. The molecule has 0 bridgehead atoms. The third-order valence-corrected chi connectivity index (χ3v) is 4.68. The van der Waals surface area contributed by atoms with E-state index in [2.05, 4.69) is 21.7 Å².